The van der Waals surface area contributed by atoms with Crippen molar-refractivity contribution in [3.8, 4) is 17.2 Å². The fourth-order valence-electron chi connectivity index (χ4n) is 4.26. The number of ketones is 1. The van der Waals surface area contributed by atoms with Crippen LogP contribution in [0.15, 0.2) is 66.2 Å². The van der Waals surface area contributed by atoms with Crippen molar-refractivity contribution in [3.63, 3.8) is 0 Å². The summed E-state index contributed by atoms with van der Waals surface area (Å²) in [5.74, 6) is -1.35. The third-order valence-electron chi connectivity index (χ3n) is 6.08. The number of Topliss-reactive ketones (excluding diaryl/α,β-unsaturated/α-hetero) is 1. The number of carbonyl (C=O) groups is 2. The van der Waals surface area contributed by atoms with Gasteiger partial charge in [0.25, 0.3) is 5.78 Å². The number of aliphatic hydroxyl groups excluding tert-OH is 1. The standard InChI is InChI=1S/C27H21FN2O6S/c1-34-16-7-4-14(5-8-16)23-22(24(31)18-13-17(35-2)9-11-20(18)36-3)25(32)26(33)30(23)27-29-19-10-6-15(28)12-21(19)37-27/h4-13,23,31H,1-3H3/b24-22+. The Morgan fingerprint density at radius 2 is 1.65 bits per heavy atom. The van der Waals surface area contributed by atoms with Gasteiger partial charge < -0.3 is 19.3 Å². The Hall–Kier alpha value is -4.44. The van der Waals surface area contributed by atoms with E-state index in [1.165, 1.54) is 50.5 Å². The second-order valence-electron chi connectivity index (χ2n) is 8.12. The Kier molecular flexibility index (Phi) is 6.26. The minimum atomic E-state index is -1.02. The molecule has 1 atom stereocenters. The van der Waals surface area contributed by atoms with Crippen LogP contribution in [0.5, 0.6) is 17.2 Å². The molecule has 1 fully saturated rings. The number of amides is 1. The zero-order chi connectivity index (χ0) is 26.3. The third-order valence-corrected chi connectivity index (χ3v) is 7.10. The van der Waals surface area contributed by atoms with Crippen molar-refractivity contribution in [2.45, 2.75) is 6.04 Å². The molecule has 1 saturated heterocycles. The molecule has 37 heavy (non-hydrogen) atoms. The van der Waals surface area contributed by atoms with Crippen LogP contribution < -0.4 is 19.1 Å². The van der Waals surface area contributed by atoms with Crippen LogP contribution in [-0.2, 0) is 9.59 Å². The Morgan fingerprint density at radius 1 is 0.946 bits per heavy atom. The maximum Gasteiger partial charge on any atom is 0.301 e. The number of halogens is 1. The zero-order valence-electron chi connectivity index (χ0n) is 20.0. The molecule has 1 aliphatic heterocycles. The second kappa shape index (κ2) is 9.55. The molecule has 188 valence electrons. The number of ether oxygens (including phenoxy) is 3. The summed E-state index contributed by atoms with van der Waals surface area (Å²) < 4.78 is 30.3. The van der Waals surface area contributed by atoms with Crippen molar-refractivity contribution in [3.05, 3.63) is 83.2 Å². The van der Waals surface area contributed by atoms with Crippen molar-refractivity contribution in [1.82, 2.24) is 4.98 Å². The van der Waals surface area contributed by atoms with Gasteiger partial charge in [-0.3, -0.25) is 14.5 Å². The van der Waals surface area contributed by atoms with Crippen LogP contribution >= 0.6 is 11.3 Å². The highest BCUT2D eigenvalue weighted by molar-refractivity contribution is 7.22. The molecule has 1 aromatic heterocycles. The van der Waals surface area contributed by atoms with E-state index < -0.39 is 29.3 Å². The first-order chi connectivity index (χ1) is 17.9. The van der Waals surface area contributed by atoms with E-state index in [0.29, 0.717) is 27.3 Å². The van der Waals surface area contributed by atoms with E-state index in [-0.39, 0.29) is 22.0 Å². The fraction of sp³-hybridized carbons (Fsp3) is 0.148. The molecule has 8 nitrogen and oxygen atoms in total. The first-order valence-electron chi connectivity index (χ1n) is 11.1. The van der Waals surface area contributed by atoms with Crippen molar-refractivity contribution in [2.24, 2.45) is 0 Å². The average Bonchev–Trinajstić information content (AvgIpc) is 3.45. The minimum absolute atomic E-state index is 0.146. The Labute approximate surface area is 215 Å². The van der Waals surface area contributed by atoms with Crippen LogP contribution in [0.2, 0.25) is 0 Å². The van der Waals surface area contributed by atoms with E-state index in [0.717, 1.165) is 11.3 Å². The summed E-state index contributed by atoms with van der Waals surface area (Å²) in [7, 11) is 4.42. The maximum absolute atomic E-state index is 13.8. The van der Waals surface area contributed by atoms with Gasteiger partial charge in [-0.25, -0.2) is 9.37 Å². The molecule has 0 aliphatic carbocycles. The van der Waals surface area contributed by atoms with Crippen LogP contribution in [0.4, 0.5) is 9.52 Å². The number of rotatable bonds is 6. The molecule has 4 aromatic rings. The molecule has 0 spiro atoms. The maximum atomic E-state index is 13.8. The third kappa shape index (κ3) is 4.15. The fourth-order valence-corrected chi connectivity index (χ4v) is 5.28. The summed E-state index contributed by atoms with van der Waals surface area (Å²) in [6.45, 7) is 0. The number of methoxy groups -OCH3 is 3. The first kappa shape index (κ1) is 24.3. The van der Waals surface area contributed by atoms with Crippen LogP contribution in [0, 0.1) is 5.82 Å². The Morgan fingerprint density at radius 3 is 2.32 bits per heavy atom. The molecule has 0 radical (unpaired) electrons. The summed E-state index contributed by atoms with van der Waals surface area (Å²) in [6, 6.07) is 14.6. The molecular weight excluding hydrogens is 499 g/mol. The van der Waals surface area contributed by atoms with E-state index in [4.69, 9.17) is 14.2 Å². The molecule has 1 aliphatic rings. The van der Waals surface area contributed by atoms with E-state index in [1.54, 1.807) is 36.4 Å². The van der Waals surface area contributed by atoms with Crippen molar-refractivity contribution >= 4 is 44.1 Å². The van der Waals surface area contributed by atoms with Crippen LogP contribution in [0.25, 0.3) is 16.0 Å². The molecule has 1 amide bonds. The highest BCUT2D eigenvalue weighted by atomic mass is 32.1. The molecule has 10 heteroatoms. The number of aliphatic hydroxyl groups is 1. The number of carbonyl (C=O) groups excluding carboxylic acids is 2. The quantitative estimate of drug-likeness (QED) is 0.215. The largest absolute Gasteiger partial charge is 0.507 e. The topological polar surface area (TPSA) is 98.2 Å². The smallest absolute Gasteiger partial charge is 0.301 e. The minimum Gasteiger partial charge on any atom is -0.507 e. The van der Waals surface area contributed by atoms with E-state index in [2.05, 4.69) is 4.98 Å². The predicted octanol–water partition coefficient (Wildman–Crippen LogP) is 5.09. The summed E-state index contributed by atoms with van der Waals surface area (Å²) in [5, 5.41) is 11.7. The molecule has 0 bridgehead atoms. The summed E-state index contributed by atoms with van der Waals surface area (Å²) in [4.78, 5) is 32.6. The lowest BCUT2D eigenvalue weighted by atomic mass is 9.95. The highest BCUT2D eigenvalue weighted by Gasteiger charge is 2.48. The molecule has 1 unspecified atom stereocenters. The van der Waals surface area contributed by atoms with E-state index >= 15 is 0 Å². The van der Waals surface area contributed by atoms with Crippen molar-refractivity contribution in [1.29, 1.82) is 0 Å². The Balaban J connectivity index is 1.75. The van der Waals surface area contributed by atoms with Gasteiger partial charge in [-0.05, 0) is 54.1 Å². The molecule has 0 saturated carbocycles. The SMILES string of the molecule is COc1ccc(C2/C(=C(\O)c3cc(OC)ccc3OC)C(=O)C(=O)N2c2nc3ccc(F)cc3s2)cc1. The summed E-state index contributed by atoms with van der Waals surface area (Å²) >= 11 is 1.07. The predicted molar refractivity (Wildman–Crippen MR) is 137 cm³/mol. The number of benzene rings is 3. The monoisotopic (exact) mass is 520 g/mol. The van der Waals surface area contributed by atoms with Crippen LogP contribution in [0.1, 0.15) is 17.2 Å². The number of thiazole rings is 1. The molecule has 1 N–H and O–H groups in total. The molecule has 5 rings (SSSR count). The molecule has 3 aromatic carbocycles. The lowest BCUT2D eigenvalue weighted by Crippen LogP contribution is -2.29. The number of fused-ring (bicyclic) bond motifs is 1. The van der Waals surface area contributed by atoms with Gasteiger partial charge in [-0.2, -0.15) is 0 Å². The lowest BCUT2D eigenvalue weighted by molar-refractivity contribution is -0.132. The van der Waals surface area contributed by atoms with Gasteiger partial charge in [0.1, 0.15) is 28.8 Å². The van der Waals surface area contributed by atoms with Crippen LogP contribution in [0.3, 0.4) is 0 Å². The number of aromatic nitrogens is 1. The summed E-state index contributed by atoms with van der Waals surface area (Å²) in [6.07, 6.45) is 0. The van der Waals surface area contributed by atoms with E-state index in [9.17, 15) is 19.1 Å². The number of hydrogen-bond acceptors (Lipinski definition) is 8. The van der Waals surface area contributed by atoms with Crippen molar-refractivity contribution < 1.29 is 33.3 Å². The van der Waals surface area contributed by atoms with Gasteiger partial charge in [0.2, 0.25) is 0 Å². The van der Waals surface area contributed by atoms with Gasteiger partial charge >= 0.3 is 5.91 Å². The number of nitrogens with zero attached hydrogens (tertiary/aromatic N) is 2. The number of hydrogen-bond donors (Lipinski definition) is 1. The van der Waals surface area contributed by atoms with Gasteiger partial charge in [-0.15, -0.1) is 0 Å². The second-order valence-corrected chi connectivity index (χ2v) is 9.13. The zero-order valence-corrected chi connectivity index (χ0v) is 20.8. The lowest BCUT2D eigenvalue weighted by Gasteiger charge is -2.23. The normalized spacial score (nSPS) is 16.9. The average molecular weight is 521 g/mol. The summed E-state index contributed by atoms with van der Waals surface area (Å²) in [5.41, 5.74) is 1.05. The van der Waals surface area contributed by atoms with Gasteiger partial charge in [0.05, 0.1) is 48.7 Å². The Bertz CT molecular complexity index is 1560. The van der Waals surface area contributed by atoms with Crippen LogP contribution in [-0.4, -0.2) is 43.1 Å². The van der Waals surface area contributed by atoms with Gasteiger partial charge in [-0.1, -0.05) is 23.5 Å². The van der Waals surface area contributed by atoms with Gasteiger partial charge in [0.15, 0.2) is 5.13 Å². The molecule has 2 heterocycles. The van der Waals surface area contributed by atoms with Gasteiger partial charge in [0, 0.05) is 0 Å². The molecular formula is C27H21FN2O6S. The van der Waals surface area contributed by atoms with Crippen molar-refractivity contribution in [2.75, 3.05) is 26.2 Å². The first-order valence-corrected chi connectivity index (χ1v) is 11.9. The van der Waals surface area contributed by atoms with E-state index in [1.807, 2.05) is 0 Å². The number of anilines is 1. The highest BCUT2D eigenvalue weighted by Crippen LogP contribution is 2.45.